The first kappa shape index (κ1) is 32.0. The fraction of sp³-hybridized carbons (Fsp3) is 0.355. The number of urea groups is 1. The standard InChI is InChI=1S/C29H34ClN3O.C2HF3O2/c30-27-12-14-28(15-13-27)31-29(34)33(23-26-10-5-2-6-11-26)19-7-18-32-20-16-25(17-21-32)22-24-8-3-1-4-9-24;3-2(4,5)1(6)7/h1-6,8-15,25H,7,16-23H2,(H,31,34);(H,6,7). The van der Waals surface area contributed by atoms with Gasteiger partial charge in [-0.15, -0.1) is 0 Å². The first-order chi connectivity index (χ1) is 19.6. The number of likely N-dealkylation sites (tertiary alicyclic amines) is 1. The molecular formula is C31H35ClF3N3O3. The maximum atomic E-state index is 13.1. The average molecular weight is 590 g/mol. The zero-order chi connectivity index (χ0) is 29.7. The highest BCUT2D eigenvalue weighted by molar-refractivity contribution is 6.30. The van der Waals surface area contributed by atoms with Crippen LogP contribution in [0.1, 0.15) is 30.4 Å². The van der Waals surface area contributed by atoms with E-state index in [0.29, 0.717) is 11.6 Å². The average Bonchev–Trinajstić information content (AvgIpc) is 2.95. The Balaban J connectivity index is 0.000000587. The van der Waals surface area contributed by atoms with Crippen LogP contribution in [0.3, 0.4) is 0 Å². The summed E-state index contributed by atoms with van der Waals surface area (Å²) in [5, 5.41) is 10.8. The number of halogens is 4. The Kier molecular flexibility index (Phi) is 12.5. The lowest BCUT2D eigenvalue weighted by atomic mass is 9.90. The van der Waals surface area contributed by atoms with Crippen LogP contribution in [0.15, 0.2) is 84.9 Å². The number of hydrogen-bond acceptors (Lipinski definition) is 3. The van der Waals surface area contributed by atoms with Gasteiger partial charge in [0.1, 0.15) is 0 Å². The van der Waals surface area contributed by atoms with Crippen molar-refractivity contribution in [1.82, 2.24) is 9.80 Å². The third kappa shape index (κ3) is 11.8. The SMILES string of the molecule is O=C(Nc1ccc(Cl)cc1)N(CCCN1CCC(Cc2ccccc2)CC1)Cc1ccccc1.O=C(O)C(F)(F)F. The number of carbonyl (C=O) groups is 2. The maximum absolute atomic E-state index is 13.1. The maximum Gasteiger partial charge on any atom is 0.490 e. The zero-order valence-electron chi connectivity index (χ0n) is 22.7. The van der Waals surface area contributed by atoms with Crippen LogP contribution in [-0.4, -0.2) is 59.3 Å². The quantitative estimate of drug-likeness (QED) is 0.274. The Hall–Kier alpha value is -3.56. The second kappa shape index (κ2) is 16.0. The van der Waals surface area contributed by atoms with E-state index in [4.69, 9.17) is 21.5 Å². The molecule has 4 rings (SSSR count). The molecular weight excluding hydrogens is 555 g/mol. The molecule has 3 aromatic carbocycles. The Morgan fingerprint density at radius 3 is 1.98 bits per heavy atom. The van der Waals surface area contributed by atoms with Crippen molar-refractivity contribution in [2.24, 2.45) is 5.92 Å². The molecule has 220 valence electrons. The van der Waals surface area contributed by atoms with Crippen molar-refractivity contribution >= 4 is 29.3 Å². The second-order valence-corrected chi connectivity index (χ2v) is 10.4. The molecule has 1 heterocycles. The van der Waals surface area contributed by atoms with Gasteiger partial charge < -0.3 is 20.2 Å². The highest BCUT2D eigenvalue weighted by Gasteiger charge is 2.38. The Morgan fingerprint density at radius 1 is 0.902 bits per heavy atom. The van der Waals surface area contributed by atoms with E-state index in [2.05, 4.69) is 52.7 Å². The lowest BCUT2D eigenvalue weighted by Gasteiger charge is -2.32. The predicted molar refractivity (Wildman–Crippen MR) is 155 cm³/mol. The van der Waals surface area contributed by atoms with Crippen LogP contribution in [0, 0.1) is 5.92 Å². The molecule has 1 fully saturated rings. The normalized spacial score (nSPS) is 14.0. The number of carboxylic acid groups (broad SMARTS) is 1. The number of piperidine rings is 1. The molecule has 0 aliphatic carbocycles. The van der Waals surface area contributed by atoms with Crippen LogP contribution in [0.2, 0.25) is 5.02 Å². The molecule has 0 radical (unpaired) electrons. The number of nitrogens with zero attached hydrogens (tertiary/aromatic N) is 2. The minimum atomic E-state index is -5.08. The molecule has 41 heavy (non-hydrogen) atoms. The largest absolute Gasteiger partial charge is 0.490 e. The third-order valence-electron chi connectivity index (χ3n) is 6.82. The highest BCUT2D eigenvalue weighted by Crippen LogP contribution is 2.22. The predicted octanol–water partition coefficient (Wildman–Crippen LogP) is 7.35. The molecule has 1 aliphatic rings. The number of alkyl halides is 3. The summed E-state index contributed by atoms with van der Waals surface area (Å²) in [6, 6.07) is 28.2. The number of hydrogen-bond donors (Lipinski definition) is 2. The molecule has 0 aromatic heterocycles. The van der Waals surface area contributed by atoms with Crippen molar-refractivity contribution in [1.29, 1.82) is 0 Å². The van der Waals surface area contributed by atoms with Gasteiger partial charge in [0.05, 0.1) is 0 Å². The zero-order valence-corrected chi connectivity index (χ0v) is 23.5. The minimum Gasteiger partial charge on any atom is -0.475 e. The van der Waals surface area contributed by atoms with Crippen molar-refractivity contribution in [2.75, 3.05) is 31.5 Å². The van der Waals surface area contributed by atoms with Crippen LogP contribution in [0.4, 0.5) is 23.7 Å². The van der Waals surface area contributed by atoms with Crippen molar-refractivity contribution in [3.05, 3.63) is 101 Å². The van der Waals surface area contributed by atoms with Gasteiger partial charge in [0.25, 0.3) is 0 Å². The fourth-order valence-electron chi connectivity index (χ4n) is 4.64. The molecule has 1 aliphatic heterocycles. The second-order valence-electron chi connectivity index (χ2n) is 9.98. The summed E-state index contributed by atoms with van der Waals surface area (Å²) in [4.78, 5) is 26.4. The number of benzene rings is 3. The molecule has 6 nitrogen and oxygen atoms in total. The van der Waals surface area contributed by atoms with Crippen molar-refractivity contribution in [3.8, 4) is 0 Å². The van der Waals surface area contributed by atoms with Gasteiger partial charge in [-0.25, -0.2) is 9.59 Å². The minimum absolute atomic E-state index is 0.0762. The summed E-state index contributed by atoms with van der Waals surface area (Å²) in [5.74, 6) is -1.98. The topological polar surface area (TPSA) is 72.9 Å². The first-order valence-electron chi connectivity index (χ1n) is 13.5. The van der Waals surface area contributed by atoms with Gasteiger partial charge in [0, 0.05) is 23.8 Å². The van der Waals surface area contributed by atoms with E-state index >= 15 is 0 Å². The van der Waals surface area contributed by atoms with Crippen LogP contribution in [0.25, 0.3) is 0 Å². The molecule has 2 N–H and O–H groups in total. The monoisotopic (exact) mass is 589 g/mol. The molecule has 0 saturated carbocycles. The molecule has 0 unspecified atom stereocenters. The lowest BCUT2D eigenvalue weighted by molar-refractivity contribution is -0.192. The Bertz CT molecular complexity index is 1200. The summed E-state index contributed by atoms with van der Waals surface area (Å²) in [5.41, 5.74) is 3.34. The van der Waals surface area contributed by atoms with Crippen molar-refractivity contribution in [2.45, 2.75) is 38.4 Å². The third-order valence-corrected chi connectivity index (χ3v) is 7.07. The number of anilines is 1. The molecule has 3 aromatic rings. The van der Waals surface area contributed by atoms with Crippen LogP contribution < -0.4 is 5.32 Å². The van der Waals surface area contributed by atoms with E-state index in [1.165, 1.54) is 24.8 Å². The molecule has 10 heteroatoms. The summed E-state index contributed by atoms with van der Waals surface area (Å²) in [6.07, 6.45) is -0.437. The Labute approximate surface area is 243 Å². The van der Waals surface area contributed by atoms with Gasteiger partial charge in [-0.2, -0.15) is 13.2 Å². The number of aliphatic carboxylic acids is 1. The van der Waals surface area contributed by atoms with Gasteiger partial charge in [-0.3, -0.25) is 0 Å². The van der Waals surface area contributed by atoms with Gasteiger partial charge >= 0.3 is 18.2 Å². The van der Waals surface area contributed by atoms with E-state index in [1.807, 2.05) is 35.2 Å². The lowest BCUT2D eigenvalue weighted by Crippen LogP contribution is -2.39. The summed E-state index contributed by atoms with van der Waals surface area (Å²) < 4.78 is 31.7. The smallest absolute Gasteiger partial charge is 0.475 e. The van der Waals surface area contributed by atoms with Crippen LogP contribution >= 0.6 is 11.6 Å². The molecule has 0 spiro atoms. The highest BCUT2D eigenvalue weighted by atomic mass is 35.5. The summed E-state index contributed by atoms with van der Waals surface area (Å²) in [7, 11) is 0. The van der Waals surface area contributed by atoms with E-state index in [-0.39, 0.29) is 6.03 Å². The van der Waals surface area contributed by atoms with E-state index in [1.54, 1.807) is 12.1 Å². The number of nitrogens with one attached hydrogen (secondary N) is 1. The van der Waals surface area contributed by atoms with Crippen LogP contribution in [-0.2, 0) is 17.8 Å². The van der Waals surface area contributed by atoms with Gasteiger partial charge in [0.15, 0.2) is 0 Å². The van der Waals surface area contributed by atoms with E-state index < -0.39 is 12.1 Å². The van der Waals surface area contributed by atoms with Gasteiger partial charge in [-0.1, -0.05) is 72.3 Å². The van der Waals surface area contributed by atoms with Crippen LogP contribution in [0.5, 0.6) is 0 Å². The van der Waals surface area contributed by atoms with Crippen molar-refractivity contribution < 1.29 is 27.9 Å². The number of amides is 2. The first-order valence-corrected chi connectivity index (χ1v) is 13.9. The summed E-state index contributed by atoms with van der Waals surface area (Å²) >= 11 is 5.98. The number of carbonyl (C=O) groups excluding carboxylic acids is 1. The van der Waals surface area contributed by atoms with Crippen molar-refractivity contribution in [3.63, 3.8) is 0 Å². The van der Waals surface area contributed by atoms with Gasteiger partial charge in [-0.05, 0) is 86.6 Å². The fourth-order valence-corrected chi connectivity index (χ4v) is 4.76. The summed E-state index contributed by atoms with van der Waals surface area (Å²) in [6.45, 7) is 4.63. The molecule has 0 atom stereocenters. The molecule has 2 amide bonds. The van der Waals surface area contributed by atoms with E-state index in [0.717, 1.165) is 49.8 Å². The van der Waals surface area contributed by atoms with E-state index in [9.17, 15) is 18.0 Å². The molecule has 1 saturated heterocycles. The number of carboxylic acids is 1. The van der Waals surface area contributed by atoms with Gasteiger partial charge in [0.2, 0.25) is 0 Å². The Morgan fingerprint density at radius 2 is 1.44 bits per heavy atom. The molecule has 0 bridgehead atoms. The number of rotatable bonds is 9.